The molecule has 0 unspecified atom stereocenters. The number of ketones is 1. The monoisotopic (exact) mass is 497 g/mol. The Morgan fingerprint density at radius 3 is 2.88 bits per heavy atom. The Kier molecular flexibility index (Phi) is 7.25. The third-order valence-corrected chi connectivity index (χ3v) is 7.57. The van der Waals surface area contributed by atoms with Gasteiger partial charge in [-0.15, -0.1) is 17.9 Å². The predicted octanol–water partition coefficient (Wildman–Crippen LogP) is 5.50. The number of hydrogen-bond donors (Lipinski definition) is 0. The van der Waals surface area contributed by atoms with Gasteiger partial charge in [0.2, 0.25) is 0 Å². The number of hydrogen-bond acceptors (Lipinski definition) is 7. The lowest BCUT2D eigenvalue weighted by molar-refractivity contribution is 0.102. The molecule has 0 bridgehead atoms. The minimum atomic E-state index is -0.168. The third-order valence-electron chi connectivity index (χ3n) is 5.72. The number of Topliss-reactive ketones (excluding diaryl/α,β-unsaturated/α-hetero) is 1. The molecule has 9 heteroatoms. The molecule has 0 fully saturated rings. The molecule has 0 aliphatic carbocycles. The highest BCUT2D eigenvalue weighted by molar-refractivity contribution is 7.99. The molecule has 7 nitrogen and oxygen atoms in total. The second-order valence-corrected chi connectivity index (χ2v) is 9.88. The van der Waals surface area contributed by atoms with E-state index in [4.69, 9.17) is 14.1 Å². The van der Waals surface area contributed by atoms with Crippen LogP contribution in [0.15, 0.2) is 56.9 Å². The molecule has 0 amide bonds. The molecule has 34 heavy (non-hydrogen) atoms. The summed E-state index contributed by atoms with van der Waals surface area (Å²) in [6.07, 6.45) is 3.24. The molecule has 0 aromatic carbocycles. The largest absolute Gasteiger partial charge is 0.464 e. The molecule has 4 rings (SSSR count). The van der Waals surface area contributed by atoms with Crippen molar-refractivity contribution in [3.8, 4) is 11.3 Å². The number of aromatic nitrogens is 3. The molecule has 0 aliphatic heterocycles. The van der Waals surface area contributed by atoms with E-state index in [1.165, 1.54) is 23.1 Å². The van der Waals surface area contributed by atoms with Gasteiger partial charge in [0.25, 0.3) is 5.56 Å². The van der Waals surface area contributed by atoms with Crippen LogP contribution < -0.4 is 5.56 Å². The first kappa shape index (κ1) is 24.3. The fourth-order valence-electron chi connectivity index (χ4n) is 4.28. The summed E-state index contributed by atoms with van der Waals surface area (Å²) in [4.78, 5) is 31.9. The zero-order chi connectivity index (χ0) is 24.4. The standard InChI is InChI=1S/C25H27N3O4S2/c1-6-9-27-24(30)22-19(21-8-7-10-32-21)13-33-23(22)26-25(27)34-14-20(29)18-11-15(2)28(17(18)4)16(3)12-31-5/h6-8,10-11,13,16H,1,9,12,14H2,2-5H3/t16-/m1/s1. The highest BCUT2D eigenvalue weighted by Gasteiger charge is 2.22. The van der Waals surface area contributed by atoms with E-state index in [1.54, 1.807) is 30.1 Å². The van der Waals surface area contributed by atoms with E-state index in [0.29, 0.717) is 39.8 Å². The summed E-state index contributed by atoms with van der Waals surface area (Å²) < 4.78 is 14.5. The van der Waals surface area contributed by atoms with Crippen molar-refractivity contribution in [1.82, 2.24) is 14.1 Å². The van der Waals surface area contributed by atoms with Crippen molar-refractivity contribution >= 4 is 39.1 Å². The first-order valence-electron chi connectivity index (χ1n) is 10.9. The van der Waals surface area contributed by atoms with Crippen molar-refractivity contribution in [2.45, 2.75) is 38.5 Å². The Balaban J connectivity index is 1.65. The molecule has 0 saturated carbocycles. The molecule has 4 aromatic heterocycles. The lowest BCUT2D eigenvalue weighted by Crippen LogP contribution is -2.23. The van der Waals surface area contributed by atoms with Crippen molar-refractivity contribution in [3.63, 3.8) is 0 Å². The Hall–Kier alpha value is -2.88. The number of furan rings is 1. The second-order valence-electron chi connectivity index (χ2n) is 8.08. The van der Waals surface area contributed by atoms with Gasteiger partial charge in [0.1, 0.15) is 10.6 Å². The molecule has 178 valence electrons. The molecule has 0 aliphatic rings. The Morgan fingerprint density at radius 1 is 1.41 bits per heavy atom. The number of carbonyl (C=O) groups excluding carboxylic acids is 1. The molecule has 0 spiro atoms. The maximum absolute atomic E-state index is 13.4. The van der Waals surface area contributed by atoms with E-state index < -0.39 is 0 Å². The lowest BCUT2D eigenvalue weighted by Gasteiger charge is -2.17. The molecular formula is C25H27N3O4S2. The number of thiophene rings is 1. The van der Waals surface area contributed by atoms with Gasteiger partial charge in [-0.05, 0) is 39.0 Å². The second kappa shape index (κ2) is 10.2. The number of nitrogens with zero attached hydrogens (tertiary/aromatic N) is 3. The lowest BCUT2D eigenvalue weighted by atomic mass is 10.2. The van der Waals surface area contributed by atoms with Crippen molar-refractivity contribution < 1.29 is 13.9 Å². The van der Waals surface area contributed by atoms with Gasteiger partial charge in [0, 0.05) is 41.5 Å². The van der Waals surface area contributed by atoms with Gasteiger partial charge in [-0.1, -0.05) is 17.8 Å². The molecular weight excluding hydrogens is 470 g/mol. The maximum Gasteiger partial charge on any atom is 0.263 e. The molecule has 0 N–H and O–H groups in total. The summed E-state index contributed by atoms with van der Waals surface area (Å²) in [6.45, 7) is 10.7. The number of rotatable bonds is 10. The number of aryl methyl sites for hydroxylation is 1. The van der Waals surface area contributed by atoms with Gasteiger partial charge in [-0.2, -0.15) is 0 Å². The van der Waals surface area contributed by atoms with Crippen LogP contribution in [-0.4, -0.2) is 39.4 Å². The van der Waals surface area contributed by atoms with Gasteiger partial charge < -0.3 is 13.7 Å². The van der Waals surface area contributed by atoms with Crippen molar-refractivity contribution in [2.75, 3.05) is 19.5 Å². The number of thioether (sulfide) groups is 1. The predicted molar refractivity (Wildman–Crippen MR) is 137 cm³/mol. The normalized spacial score (nSPS) is 12.4. The zero-order valence-electron chi connectivity index (χ0n) is 19.7. The van der Waals surface area contributed by atoms with E-state index in [2.05, 4.69) is 18.1 Å². The van der Waals surface area contributed by atoms with Crippen LogP contribution in [0, 0.1) is 13.8 Å². The SMILES string of the molecule is C=CCn1c(SCC(=O)c2cc(C)n([C@H](C)COC)c2C)nc2scc(-c3ccco3)c2c1=O. The minimum Gasteiger partial charge on any atom is -0.464 e. The first-order valence-corrected chi connectivity index (χ1v) is 12.7. The van der Waals surface area contributed by atoms with Crippen LogP contribution in [0.5, 0.6) is 0 Å². The molecule has 4 aromatic rings. The number of methoxy groups -OCH3 is 1. The van der Waals surface area contributed by atoms with E-state index in [-0.39, 0.29) is 23.1 Å². The quantitative estimate of drug-likeness (QED) is 0.124. The van der Waals surface area contributed by atoms with Crippen LogP contribution in [0.4, 0.5) is 0 Å². The Bertz CT molecular complexity index is 1400. The Morgan fingerprint density at radius 2 is 2.21 bits per heavy atom. The smallest absolute Gasteiger partial charge is 0.263 e. The summed E-state index contributed by atoms with van der Waals surface area (Å²) in [6, 6.07) is 5.66. The summed E-state index contributed by atoms with van der Waals surface area (Å²) >= 11 is 2.66. The van der Waals surface area contributed by atoms with E-state index >= 15 is 0 Å². The number of ether oxygens (including phenoxy) is 1. The molecule has 4 heterocycles. The summed E-state index contributed by atoms with van der Waals surface area (Å²) in [5.41, 5.74) is 3.18. The van der Waals surface area contributed by atoms with Crippen LogP contribution in [0.25, 0.3) is 21.5 Å². The summed E-state index contributed by atoms with van der Waals surface area (Å²) in [5.74, 6) is 0.800. The first-order chi connectivity index (χ1) is 16.4. The van der Waals surface area contributed by atoms with Crippen LogP contribution in [0.1, 0.15) is 34.7 Å². The average molecular weight is 498 g/mol. The molecule has 0 radical (unpaired) electrons. The molecule has 0 saturated heterocycles. The Labute approximate surface area is 206 Å². The van der Waals surface area contributed by atoms with Gasteiger partial charge in [-0.25, -0.2) is 4.98 Å². The summed E-state index contributed by atoms with van der Waals surface area (Å²) in [7, 11) is 1.67. The van der Waals surface area contributed by atoms with E-state index in [1.807, 2.05) is 31.4 Å². The van der Waals surface area contributed by atoms with Crippen molar-refractivity contribution in [1.29, 1.82) is 0 Å². The topological polar surface area (TPSA) is 79.3 Å². The van der Waals surface area contributed by atoms with Gasteiger partial charge in [-0.3, -0.25) is 14.2 Å². The average Bonchev–Trinajstić information content (AvgIpc) is 3.53. The fraction of sp³-hybridized carbons (Fsp3) is 0.320. The highest BCUT2D eigenvalue weighted by Crippen LogP contribution is 2.32. The van der Waals surface area contributed by atoms with Gasteiger partial charge in [0.05, 0.1) is 30.1 Å². The highest BCUT2D eigenvalue weighted by atomic mass is 32.2. The zero-order valence-corrected chi connectivity index (χ0v) is 21.3. The van der Waals surface area contributed by atoms with Gasteiger partial charge in [0.15, 0.2) is 10.9 Å². The fourth-order valence-corrected chi connectivity index (χ4v) is 6.14. The third kappa shape index (κ3) is 4.43. The van der Waals surface area contributed by atoms with Crippen LogP contribution >= 0.6 is 23.1 Å². The number of fused-ring (bicyclic) bond motifs is 1. The van der Waals surface area contributed by atoms with Crippen molar-refractivity contribution in [3.05, 3.63) is 69.8 Å². The maximum atomic E-state index is 13.4. The molecule has 1 atom stereocenters. The number of carbonyl (C=O) groups is 1. The van der Waals surface area contributed by atoms with Crippen LogP contribution in [0.3, 0.4) is 0 Å². The van der Waals surface area contributed by atoms with Crippen LogP contribution in [0.2, 0.25) is 0 Å². The van der Waals surface area contributed by atoms with Crippen molar-refractivity contribution in [2.24, 2.45) is 0 Å². The van der Waals surface area contributed by atoms with Gasteiger partial charge >= 0.3 is 0 Å². The van der Waals surface area contributed by atoms with E-state index in [0.717, 1.165) is 17.0 Å². The van der Waals surface area contributed by atoms with Crippen LogP contribution in [-0.2, 0) is 11.3 Å². The summed E-state index contributed by atoms with van der Waals surface area (Å²) in [5, 5.41) is 2.90. The van der Waals surface area contributed by atoms with E-state index in [9.17, 15) is 9.59 Å². The number of allylic oxidation sites excluding steroid dienone is 1. The minimum absolute atomic E-state index is 0.00378.